The third-order valence-electron chi connectivity index (χ3n) is 6.73. The lowest BCUT2D eigenvalue weighted by Crippen LogP contribution is -2.51. The molecule has 1 N–H and O–H groups in total. The number of nitrogens with one attached hydrogen (secondary N) is 1. The van der Waals surface area contributed by atoms with Crippen LogP contribution in [0.15, 0.2) is 6.07 Å². The third-order valence-corrected chi connectivity index (χ3v) is 6.73. The number of carbonyl (C=O) groups excluding carboxylic acids is 1. The van der Waals surface area contributed by atoms with E-state index in [1.807, 2.05) is 13.1 Å². The predicted molar refractivity (Wildman–Crippen MR) is 94.0 cm³/mol. The number of amides is 1. The summed E-state index contributed by atoms with van der Waals surface area (Å²) in [5, 5.41) is 8.31. The largest absolute Gasteiger partial charge is 0.329 e. The van der Waals surface area contributed by atoms with Crippen molar-refractivity contribution in [2.24, 2.45) is 12.5 Å². The van der Waals surface area contributed by atoms with Crippen LogP contribution in [0.25, 0.3) is 0 Å². The fourth-order valence-corrected chi connectivity index (χ4v) is 5.37. The summed E-state index contributed by atoms with van der Waals surface area (Å²) in [5.41, 5.74) is 1.98. The van der Waals surface area contributed by atoms with Gasteiger partial charge >= 0.3 is 0 Å². The first-order valence-corrected chi connectivity index (χ1v) is 9.52. The Balaban J connectivity index is 1.69. The molecule has 2 saturated heterocycles. The van der Waals surface area contributed by atoms with Gasteiger partial charge in [0, 0.05) is 37.1 Å². The monoisotopic (exact) mass is 330 g/mol. The minimum Gasteiger partial charge on any atom is -0.329 e. The maximum Gasteiger partial charge on any atom is 0.272 e. The SMILES string of the molecule is CC(C)c1cc(C(=O)N2[C@@H]3CN[C@@H]4CCCC[C@H]2[C@]4(C)C3)n(C)n1. The van der Waals surface area contributed by atoms with Crippen molar-refractivity contribution in [1.82, 2.24) is 20.0 Å². The summed E-state index contributed by atoms with van der Waals surface area (Å²) >= 11 is 0. The topological polar surface area (TPSA) is 50.2 Å². The molecule has 3 aliphatic rings. The fraction of sp³-hybridized carbons (Fsp3) is 0.789. The van der Waals surface area contributed by atoms with Gasteiger partial charge in [0.2, 0.25) is 0 Å². The maximum atomic E-state index is 13.4. The molecular weight excluding hydrogens is 300 g/mol. The first-order chi connectivity index (χ1) is 11.4. The molecule has 4 rings (SSSR count). The van der Waals surface area contributed by atoms with Crippen LogP contribution in [0, 0.1) is 5.41 Å². The zero-order valence-corrected chi connectivity index (χ0v) is 15.4. The van der Waals surface area contributed by atoms with Gasteiger partial charge in [-0.05, 0) is 31.2 Å². The Hall–Kier alpha value is -1.36. The first kappa shape index (κ1) is 16.1. The van der Waals surface area contributed by atoms with Crippen LogP contribution >= 0.6 is 0 Å². The molecule has 3 heterocycles. The number of piperidine rings is 1. The number of likely N-dealkylation sites (tertiary alicyclic amines) is 1. The van der Waals surface area contributed by atoms with Crippen LogP contribution in [-0.4, -0.2) is 45.3 Å². The molecule has 5 nitrogen and oxygen atoms in total. The highest BCUT2D eigenvalue weighted by Crippen LogP contribution is 2.50. The molecular formula is C19H30N4O. The smallest absolute Gasteiger partial charge is 0.272 e. The van der Waals surface area contributed by atoms with Crippen LogP contribution in [0.3, 0.4) is 0 Å². The zero-order chi connectivity index (χ0) is 17.1. The van der Waals surface area contributed by atoms with Gasteiger partial charge in [0.05, 0.1) is 5.69 Å². The molecule has 4 atom stereocenters. The van der Waals surface area contributed by atoms with Gasteiger partial charge in [-0.2, -0.15) is 5.10 Å². The van der Waals surface area contributed by atoms with Gasteiger partial charge in [0.1, 0.15) is 5.69 Å². The van der Waals surface area contributed by atoms with Gasteiger partial charge in [-0.15, -0.1) is 0 Å². The Morgan fingerprint density at radius 2 is 2.12 bits per heavy atom. The second kappa shape index (κ2) is 5.58. The van der Waals surface area contributed by atoms with Gasteiger partial charge in [-0.1, -0.05) is 33.6 Å². The fourth-order valence-electron chi connectivity index (χ4n) is 5.37. The van der Waals surface area contributed by atoms with E-state index in [2.05, 4.69) is 36.1 Å². The zero-order valence-electron chi connectivity index (χ0n) is 15.4. The number of aromatic nitrogens is 2. The molecule has 1 amide bonds. The number of rotatable bonds is 2. The summed E-state index contributed by atoms with van der Waals surface area (Å²) in [6.45, 7) is 7.60. The van der Waals surface area contributed by atoms with Gasteiger partial charge in [-0.3, -0.25) is 9.48 Å². The molecule has 1 aromatic heterocycles. The molecule has 0 unspecified atom stereocenters. The molecule has 1 saturated carbocycles. The molecule has 3 fully saturated rings. The molecule has 0 aromatic carbocycles. The number of hydrogen-bond acceptors (Lipinski definition) is 3. The Morgan fingerprint density at radius 1 is 1.38 bits per heavy atom. The van der Waals surface area contributed by atoms with Crippen molar-refractivity contribution in [3.8, 4) is 0 Å². The number of fused-ring (bicyclic) bond motifs is 1. The van der Waals surface area contributed by atoms with Gasteiger partial charge in [-0.25, -0.2) is 0 Å². The second-order valence-corrected chi connectivity index (χ2v) is 8.57. The van der Waals surface area contributed by atoms with Crippen molar-refractivity contribution in [2.45, 2.75) is 76.9 Å². The summed E-state index contributed by atoms with van der Waals surface area (Å²) in [4.78, 5) is 15.7. The lowest BCUT2D eigenvalue weighted by atomic mass is 9.72. The third kappa shape index (κ3) is 2.24. The molecule has 1 aliphatic carbocycles. The molecule has 24 heavy (non-hydrogen) atoms. The van der Waals surface area contributed by atoms with Crippen molar-refractivity contribution in [2.75, 3.05) is 6.54 Å². The van der Waals surface area contributed by atoms with Crippen LogP contribution in [-0.2, 0) is 7.05 Å². The van der Waals surface area contributed by atoms with E-state index in [0.717, 1.165) is 30.8 Å². The van der Waals surface area contributed by atoms with Crippen LogP contribution in [0.5, 0.6) is 0 Å². The number of carbonyl (C=O) groups is 1. The summed E-state index contributed by atoms with van der Waals surface area (Å²) in [5.74, 6) is 0.525. The molecule has 132 valence electrons. The van der Waals surface area contributed by atoms with E-state index in [9.17, 15) is 4.79 Å². The van der Waals surface area contributed by atoms with Gasteiger partial charge < -0.3 is 10.2 Å². The average Bonchev–Trinajstić information content (AvgIpc) is 2.97. The second-order valence-electron chi connectivity index (χ2n) is 8.57. The number of nitrogens with zero attached hydrogens (tertiary/aromatic N) is 3. The van der Waals surface area contributed by atoms with Crippen molar-refractivity contribution in [3.05, 3.63) is 17.5 Å². The Morgan fingerprint density at radius 3 is 2.83 bits per heavy atom. The average molecular weight is 330 g/mol. The standard InChI is InChI=1S/C19H30N4O/c1-12(2)14-9-15(22(4)21-14)18(24)23-13-10-19(3)16(20-11-13)7-5-6-8-17(19)23/h9,12-13,16-17,20H,5-8,10-11H2,1-4H3/t13-,16+,17-,19+/m0/s1. The molecule has 1 aromatic rings. The van der Waals surface area contributed by atoms with Gasteiger partial charge in [0.15, 0.2) is 0 Å². The minimum atomic E-state index is 0.181. The molecule has 0 radical (unpaired) electrons. The van der Waals surface area contributed by atoms with E-state index < -0.39 is 0 Å². The van der Waals surface area contributed by atoms with E-state index in [4.69, 9.17) is 0 Å². The summed E-state index contributed by atoms with van der Waals surface area (Å²) in [6.07, 6.45) is 6.06. The number of hydrogen-bond donors (Lipinski definition) is 1. The highest BCUT2D eigenvalue weighted by atomic mass is 16.2. The summed E-state index contributed by atoms with van der Waals surface area (Å²) in [6, 6.07) is 3.27. The van der Waals surface area contributed by atoms with Crippen molar-refractivity contribution in [3.63, 3.8) is 0 Å². The van der Waals surface area contributed by atoms with Crippen LogP contribution in [0.2, 0.25) is 0 Å². The Kier molecular flexibility index (Phi) is 3.75. The van der Waals surface area contributed by atoms with Crippen molar-refractivity contribution < 1.29 is 4.79 Å². The number of aryl methyl sites for hydroxylation is 1. The lowest BCUT2D eigenvalue weighted by Gasteiger charge is -2.39. The normalized spacial score (nSPS) is 35.4. The molecule has 5 heteroatoms. The maximum absolute atomic E-state index is 13.4. The van der Waals surface area contributed by atoms with Crippen LogP contribution < -0.4 is 5.32 Å². The van der Waals surface area contributed by atoms with E-state index in [1.54, 1.807) is 4.68 Å². The Bertz CT molecular complexity index is 652. The molecule has 2 aliphatic heterocycles. The summed E-state index contributed by atoms with van der Waals surface area (Å²) in [7, 11) is 1.90. The molecule has 0 spiro atoms. The first-order valence-electron chi connectivity index (χ1n) is 9.52. The quantitative estimate of drug-likeness (QED) is 0.907. The van der Waals surface area contributed by atoms with E-state index in [0.29, 0.717) is 24.0 Å². The van der Waals surface area contributed by atoms with E-state index in [1.165, 1.54) is 19.3 Å². The minimum absolute atomic E-state index is 0.181. The van der Waals surface area contributed by atoms with E-state index >= 15 is 0 Å². The van der Waals surface area contributed by atoms with Crippen molar-refractivity contribution in [1.29, 1.82) is 0 Å². The van der Waals surface area contributed by atoms with Gasteiger partial charge in [0.25, 0.3) is 5.91 Å². The highest BCUT2D eigenvalue weighted by molar-refractivity contribution is 5.93. The van der Waals surface area contributed by atoms with Crippen LogP contribution in [0.4, 0.5) is 0 Å². The summed E-state index contributed by atoms with van der Waals surface area (Å²) < 4.78 is 1.78. The predicted octanol–water partition coefficient (Wildman–Crippen LogP) is 2.68. The van der Waals surface area contributed by atoms with Crippen molar-refractivity contribution >= 4 is 5.91 Å². The lowest BCUT2D eigenvalue weighted by molar-refractivity contribution is 0.0617. The van der Waals surface area contributed by atoms with Crippen LogP contribution in [0.1, 0.15) is 75.0 Å². The Labute approximate surface area is 144 Å². The molecule has 2 bridgehead atoms. The van der Waals surface area contributed by atoms with E-state index in [-0.39, 0.29) is 11.3 Å². The highest BCUT2D eigenvalue weighted by Gasteiger charge is 2.57.